The second-order valence-electron chi connectivity index (χ2n) is 3.15. The van der Waals surface area contributed by atoms with Gasteiger partial charge < -0.3 is 9.90 Å². The minimum absolute atomic E-state index is 0.281. The van der Waals surface area contributed by atoms with E-state index in [1.165, 1.54) is 12.1 Å². The van der Waals surface area contributed by atoms with Crippen LogP contribution >= 0.6 is 15.9 Å². The first-order chi connectivity index (χ1) is 7.36. The van der Waals surface area contributed by atoms with E-state index in [2.05, 4.69) is 15.9 Å². The summed E-state index contributed by atoms with van der Waals surface area (Å²) in [6.45, 7) is 0. The lowest BCUT2D eigenvalue weighted by atomic mass is 10.0. The van der Waals surface area contributed by atoms with Crippen molar-refractivity contribution in [2.45, 2.75) is 17.1 Å². The maximum atomic E-state index is 12.2. The second-order valence-corrected chi connectivity index (χ2v) is 4.14. The number of hydrogen-bond acceptors (Lipinski definition) is 2. The Morgan fingerprint density at radius 1 is 1.31 bits per heavy atom. The zero-order valence-corrected chi connectivity index (χ0v) is 9.49. The van der Waals surface area contributed by atoms with E-state index in [1.54, 1.807) is 0 Å². The van der Waals surface area contributed by atoms with Crippen LogP contribution in [-0.4, -0.2) is 17.6 Å². The summed E-state index contributed by atoms with van der Waals surface area (Å²) in [6, 6.07) is 5.16. The molecule has 0 aromatic heterocycles. The molecule has 0 fully saturated rings. The number of aliphatic hydroxyl groups excluding tert-OH is 1. The summed E-state index contributed by atoms with van der Waals surface area (Å²) in [4.78, 5) is 9.78. The molecule has 1 rings (SSSR count). The highest BCUT2D eigenvalue weighted by Crippen LogP contribution is 2.33. The summed E-state index contributed by atoms with van der Waals surface area (Å²) >= 11 is 2.99. The molecule has 0 heterocycles. The molecule has 16 heavy (non-hydrogen) atoms. The van der Waals surface area contributed by atoms with Crippen molar-refractivity contribution in [3.63, 3.8) is 0 Å². The van der Waals surface area contributed by atoms with Gasteiger partial charge >= 0.3 is 6.18 Å². The van der Waals surface area contributed by atoms with Crippen molar-refractivity contribution >= 4 is 22.2 Å². The zero-order valence-electron chi connectivity index (χ0n) is 7.91. The molecule has 0 aliphatic rings. The summed E-state index contributed by atoms with van der Waals surface area (Å²) in [5.74, 6) is 0. The smallest absolute Gasteiger partial charge is 0.379 e. The first-order valence-corrected chi connectivity index (χ1v) is 5.22. The number of carbonyl (C=O) groups excluding carboxylic acids is 1. The number of hydrogen-bond donors (Lipinski definition) is 1. The fraction of sp³-hybridized carbons (Fsp3) is 0.300. The molecule has 1 aromatic rings. The molecule has 0 saturated heterocycles. The van der Waals surface area contributed by atoms with Gasteiger partial charge in [0.25, 0.3) is 0 Å². The molecule has 0 amide bonds. The average molecular weight is 297 g/mol. The second kappa shape index (κ2) is 4.97. The van der Waals surface area contributed by atoms with Gasteiger partial charge in [-0.2, -0.15) is 13.2 Å². The van der Waals surface area contributed by atoms with Crippen molar-refractivity contribution in [2.75, 3.05) is 0 Å². The number of benzene rings is 1. The van der Waals surface area contributed by atoms with Crippen molar-refractivity contribution < 1.29 is 23.1 Å². The van der Waals surface area contributed by atoms with Crippen LogP contribution in [0.1, 0.15) is 22.1 Å². The van der Waals surface area contributed by atoms with Crippen molar-refractivity contribution in [3.05, 3.63) is 35.4 Å². The maximum Gasteiger partial charge on any atom is 0.418 e. The molecule has 1 aromatic carbocycles. The normalized spacial score (nSPS) is 15.6. The highest BCUT2D eigenvalue weighted by atomic mass is 79.9. The summed E-state index contributed by atoms with van der Waals surface area (Å²) in [6.07, 6.45) is -6.68. The Balaban J connectivity index is 3.03. The minimum Gasteiger partial charge on any atom is -0.379 e. The molecule has 0 radical (unpaired) electrons. The van der Waals surface area contributed by atoms with Crippen molar-refractivity contribution in [1.29, 1.82) is 0 Å². The minimum atomic E-state index is -4.71. The summed E-state index contributed by atoms with van der Waals surface area (Å²) in [5.41, 5.74) is 0.0899. The molecule has 2 nitrogen and oxygen atoms in total. The van der Waals surface area contributed by atoms with Gasteiger partial charge in [-0.05, 0) is 11.1 Å². The summed E-state index contributed by atoms with van der Waals surface area (Å²) in [7, 11) is 0. The zero-order chi connectivity index (χ0) is 12.3. The molecule has 0 spiro atoms. The third-order valence-corrected chi connectivity index (χ3v) is 2.72. The highest BCUT2D eigenvalue weighted by molar-refractivity contribution is 9.09. The molecule has 0 bridgehead atoms. The van der Waals surface area contributed by atoms with Gasteiger partial charge in [0, 0.05) is 0 Å². The van der Waals surface area contributed by atoms with E-state index >= 15 is 0 Å². The van der Waals surface area contributed by atoms with E-state index in [9.17, 15) is 18.0 Å². The third kappa shape index (κ3) is 3.05. The molecule has 88 valence electrons. The van der Waals surface area contributed by atoms with Crippen LogP contribution in [0, 0.1) is 0 Å². The number of rotatable bonds is 3. The highest BCUT2D eigenvalue weighted by Gasteiger charge is 2.39. The van der Waals surface area contributed by atoms with Crippen molar-refractivity contribution in [1.82, 2.24) is 0 Å². The lowest BCUT2D eigenvalue weighted by molar-refractivity contribution is -0.206. The van der Waals surface area contributed by atoms with Crippen LogP contribution in [0.2, 0.25) is 0 Å². The molecule has 0 aliphatic carbocycles. The van der Waals surface area contributed by atoms with E-state index < -0.39 is 17.1 Å². The Labute approximate surface area is 98.2 Å². The Kier molecular flexibility index (Phi) is 4.09. The van der Waals surface area contributed by atoms with E-state index in [-0.39, 0.29) is 5.56 Å². The first-order valence-electron chi connectivity index (χ1n) is 4.30. The lowest BCUT2D eigenvalue weighted by Crippen LogP contribution is -2.20. The van der Waals surface area contributed by atoms with E-state index in [4.69, 9.17) is 5.11 Å². The molecule has 0 saturated carbocycles. The van der Waals surface area contributed by atoms with E-state index in [0.717, 1.165) is 12.1 Å². The summed E-state index contributed by atoms with van der Waals surface area (Å²) in [5, 5.41) is 9.01. The molecule has 1 N–H and O–H groups in total. The number of aldehydes is 1. The lowest BCUT2D eigenvalue weighted by Gasteiger charge is -2.15. The standard InChI is InChI=1S/C10H8BrF3O2/c11-8(5-15)6-2-1-3-7(4-6)9(16)10(12,13)14/h1-5,8-9,16H. The summed E-state index contributed by atoms with van der Waals surface area (Å²) < 4.78 is 36.7. The molecular formula is C10H8BrF3O2. The van der Waals surface area contributed by atoms with Gasteiger partial charge in [0.1, 0.15) is 6.29 Å². The monoisotopic (exact) mass is 296 g/mol. The number of halogens is 4. The van der Waals surface area contributed by atoms with E-state index in [1.807, 2.05) is 0 Å². The van der Waals surface area contributed by atoms with Crippen LogP contribution in [0.3, 0.4) is 0 Å². The van der Waals surface area contributed by atoms with Gasteiger partial charge in [-0.15, -0.1) is 0 Å². The van der Waals surface area contributed by atoms with Crippen LogP contribution in [-0.2, 0) is 4.79 Å². The molecule has 2 unspecified atom stereocenters. The topological polar surface area (TPSA) is 37.3 Å². The fourth-order valence-corrected chi connectivity index (χ4v) is 1.45. The van der Waals surface area contributed by atoms with E-state index in [0.29, 0.717) is 11.8 Å². The van der Waals surface area contributed by atoms with Gasteiger partial charge in [-0.25, -0.2) is 0 Å². The molecule has 6 heteroatoms. The molecule has 2 atom stereocenters. The Morgan fingerprint density at radius 2 is 1.88 bits per heavy atom. The third-order valence-electron chi connectivity index (χ3n) is 1.97. The van der Waals surface area contributed by atoms with Crippen molar-refractivity contribution in [2.24, 2.45) is 0 Å². The Hall–Kier alpha value is -0.880. The SMILES string of the molecule is O=CC(Br)c1cccc(C(O)C(F)(F)F)c1. The van der Waals surface area contributed by atoms with Crippen LogP contribution in [0.5, 0.6) is 0 Å². The van der Waals surface area contributed by atoms with Crippen LogP contribution in [0.25, 0.3) is 0 Å². The fourth-order valence-electron chi connectivity index (χ4n) is 1.17. The largest absolute Gasteiger partial charge is 0.418 e. The van der Waals surface area contributed by atoms with Gasteiger partial charge in [-0.1, -0.05) is 40.2 Å². The van der Waals surface area contributed by atoms with Gasteiger partial charge in [-0.3, -0.25) is 0 Å². The predicted octanol–water partition coefficient (Wildman–Crippen LogP) is 2.92. The van der Waals surface area contributed by atoms with Crippen LogP contribution in [0.4, 0.5) is 13.2 Å². The van der Waals surface area contributed by atoms with Gasteiger partial charge in [0.2, 0.25) is 0 Å². The molecule has 0 aliphatic heterocycles. The number of alkyl halides is 4. The Morgan fingerprint density at radius 3 is 2.38 bits per heavy atom. The van der Waals surface area contributed by atoms with Crippen LogP contribution in [0.15, 0.2) is 24.3 Å². The van der Waals surface area contributed by atoms with Gasteiger partial charge in [0.15, 0.2) is 6.10 Å². The Bertz CT molecular complexity index is 379. The number of aliphatic hydroxyl groups is 1. The van der Waals surface area contributed by atoms with Crippen molar-refractivity contribution in [3.8, 4) is 0 Å². The number of carbonyl (C=O) groups is 1. The quantitative estimate of drug-likeness (QED) is 0.688. The van der Waals surface area contributed by atoms with Crippen LogP contribution < -0.4 is 0 Å². The predicted molar refractivity (Wildman–Crippen MR) is 55.2 cm³/mol. The maximum absolute atomic E-state index is 12.2. The molecular weight excluding hydrogens is 289 g/mol. The average Bonchev–Trinajstić information content (AvgIpc) is 2.26. The first kappa shape index (κ1) is 13.2. The van der Waals surface area contributed by atoms with Gasteiger partial charge in [0.05, 0.1) is 4.83 Å².